The first-order valence-corrected chi connectivity index (χ1v) is 5.83. The average molecular weight is 243 g/mol. The third-order valence-corrected chi connectivity index (χ3v) is 2.52. The second-order valence-corrected chi connectivity index (χ2v) is 4.05. The zero-order chi connectivity index (χ0) is 12.7. The van der Waals surface area contributed by atoms with Crippen molar-refractivity contribution in [3.8, 4) is 0 Å². The molecule has 1 rings (SSSR count). The Hall–Kier alpha value is -1.00. The second kappa shape index (κ2) is 7.35. The minimum Gasteiger partial charge on any atom is -0.383 e. The molecule has 1 unspecified atom stereocenters. The number of nitrogens with one attached hydrogen (secondary N) is 1. The smallest absolute Gasteiger partial charge is 0.126 e. The van der Waals surface area contributed by atoms with Crippen LogP contribution in [0.3, 0.4) is 0 Å². The van der Waals surface area contributed by atoms with Crippen molar-refractivity contribution in [2.24, 2.45) is 0 Å². The second-order valence-electron chi connectivity index (χ2n) is 4.05. The van der Waals surface area contributed by atoms with E-state index in [0.29, 0.717) is 18.6 Å². The predicted octanol–water partition coefficient (Wildman–Crippen LogP) is 2.52. The van der Waals surface area contributed by atoms with Gasteiger partial charge in [0.15, 0.2) is 0 Å². The highest BCUT2D eigenvalue weighted by Gasteiger charge is 2.12. The molecule has 1 aromatic rings. The summed E-state index contributed by atoms with van der Waals surface area (Å²) in [5.74, 6) is -0.779. The van der Waals surface area contributed by atoms with Gasteiger partial charge in [-0.15, -0.1) is 0 Å². The Labute approximate surface area is 101 Å². The summed E-state index contributed by atoms with van der Waals surface area (Å²) in [5.41, 5.74) is 0.385. The lowest BCUT2D eigenvalue weighted by Crippen LogP contribution is -2.35. The first-order valence-electron chi connectivity index (χ1n) is 5.83. The third kappa shape index (κ3) is 4.79. The van der Waals surface area contributed by atoms with Crippen LogP contribution in [0.25, 0.3) is 0 Å². The van der Waals surface area contributed by atoms with Gasteiger partial charge >= 0.3 is 0 Å². The quantitative estimate of drug-likeness (QED) is 0.794. The Morgan fingerprint density at radius 3 is 2.76 bits per heavy atom. The van der Waals surface area contributed by atoms with E-state index in [9.17, 15) is 8.78 Å². The van der Waals surface area contributed by atoms with Crippen LogP contribution in [0, 0.1) is 11.6 Å². The fourth-order valence-electron chi connectivity index (χ4n) is 1.70. The molecule has 0 spiro atoms. The maximum absolute atomic E-state index is 13.5. The fourth-order valence-corrected chi connectivity index (χ4v) is 1.70. The molecule has 1 N–H and O–H groups in total. The standard InChI is InChI=1S/C13H19F2NO/c1-3-6-16-12(9-17-2)8-10-7-11(14)4-5-13(10)15/h4-5,7,12,16H,3,6,8-9H2,1-2H3. The Morgan fingerprint density at radius 1 is 1.35 bits per heavy atom. The number of hydrogen-bond acceptors (Lipinski definition) is 2. The molecule has 0 saturated heterocycles. The summed E-state index contributed by atoms with van der Waals surface area (Å²) < 4.78 is 31.5. The van der Waals surface area contributed by atoms with E-state index in [2.05, 4.69) is 12.2 Å². The van der Waals surface area contributed by atoms with Gasteiger partial charge in [-0.1, -0.05) is 6.92 Å². The predicted molar refractivity (Wildman–Crippen MR) is 64.0 cm³/mol. The SMILES string of the molecule is CCCNC(COC)Cc1cc(F)ccc1F. The molecule has 0 radical (unpaired) electrons. The van der Waals surface area contributed by atoms with Crippen LogP contribution in [-0.2, 0) is 11.2 Å². The summed E-state index contributed by atoms with van der Waals surface area (Å²) in [5, 5.41) is 3.25. The Morgan fingerprint density at radius 2 is 2.12 bits per heavy atom. The van der Waals surface area contributed by atoms with Gasteiger partial charge < -0.3 is 10.1 Å². The monoisotopic (exact) mass is 243 g/mol. The molecule has 4 heteroatoms. The third-order valence-electron chi connectivity index (χ3n) is 2.52. The van der Waals surface area contributed by atoms with E-state index >= 15 is 0 Å². The van der Waals surface area contributed by atoms with E-state index in [1.807, 2.05) is 0 Å². The fraction of sp³-hybridized carbons (Fsp3) is 0.538. The molecule has 0 saturated carbocycles. The number of halogens is 2. The first-order chi connectivity index (χ1) is 8.17. The number of ether oxygens (including phenoxy) is 1. The van der Waals surface area contributed by atoms with Gasteiger partial charge in [-0.3, -0.25) is 0 Å². The van der Waals surface area contributed by atoms with Crippen LogP contribution in [0.1, 0.15) is 18.9 Å². The van der Waals surface area contributed by atoms with E-state index in [-0.39, 0.29) is 11.9 Å². The molecular weight excluding hydrogens is 224 g/mol. The van der Waals surface area contributed by atoms with Gasteiger partial charge in [0, 0.05) is 13.2 Å². The molecule has 0 heterocycles. The molecule has 0 aromatic heterocycles. The zero-order valence-corrected chi connectivity index (χ0v) is 10.3. The van der Waals surface area contributed by atoms with Gasteiger partial charge in [0.05, 0.1) is 6.61 Å². The minimum atomic E-state index is -0.409. The average Bonchev–Trinajstić information content (AvgIpc) is 2.31. The largest absolute Gasteiger partial charge is 0.383 e. The van der Waals surface area contributed by atoms with Crippen LogP contribution < -0.4 is 5.32 Å². The van der Waals surface area contributed by atoms with E-state index in [1.54, 1.807) is 7.11 Å². The summed E-state index contributed by atoms with van der Waals surface area (Å²) in [6.45, 7) is 3.38. The Kier molecular flexibility index (Phi) is 6.08. The maximum Gasteiger partial charge on any atom is 0.126 e. The molecule has 1 atom stereocenters. The van der Waals surface area contributed by atoms with Gasteiger partial charge in [-0.05, 0) is 43.1 Å². The van der Waals surface area contributed by atoms with Crippen molar-refractivity contribution in [3.63, 3.8) is 0 Å². The molecule has 2 nitrogen and oxygen atoms in total. The lowest BCUT2D eigenvalue weighted by atomic mass is 10.1. The van der Waals surface area contributed by atoms with Crippen LogP contribution in [0.15, 0.2) is 18.2 Å². The van der Waals surface area contributed by atoms with E-state index in [0.717, 1.165) is 25.1 Å². The summed E-state index contributed by atoms with van der Waals surface area (Å²) in [6.07, 6.45) is 1.42. The van der Waals surface area contributed by atoms with Gasteiger partial charge in [0.2, 0.25) is 0 Å². The lowest BCUT2D eigenvalue weighted by molar-refractivity contribution is 0.165. The van der Waals surface area contributed by atoms with Gasteiger partial charge in [0.1, 0.15) is 11.6 Å². The van der Waals surface area contributed by atoms with E-state index in [1.165, 1.54) is 6.07 Å². The molecule has 0 bridgehead atoms. The van der Waals surface area contributed by atoms with Crippen molar-refractivity contribution >= 4 is 0 Å². The van der Waals surface area contributed by atoms with Crippen LogP contribution >= 0.6 is 0 Å². The highest BCUT2D eigenvalue weighted by atomic mass is 19.1. The lowest BCUT2D eigenvalue weighted by Gasteiger charge is -2.18. The van der Waals surface area contributed by atoms with E-state index in [4.69, 9.17) is 4.74 Å². The summed E-state index contributed by atoms with van der Waals surface area (Å²) >= 11 is 0. The molecule has 0 aliphatic carbocycles. The number of methoxy groups -OCH3 is 1. The number of rotatable bonds is 7. The molecule has 0 fully saturated rings. The van der Waals surface area contributed by atoms with Crippen molar-refractivity contribution in [2.75, 3.05) is 20.3 Å². The molecule has 0 aliphatic rings. The van der Waals surface area contributed by atoms with Crippen LogP contribution in [0.5, 0.6) is 0 Å². The topological polar surface area (TPSA) is 21.3 Å². The van der Waals surface area contributed by atoms with Crippen LogP contribution in [0.4, 0.5) is 8.78 Å². The molecule has 0 amide bonds. The molecule has 1 aromatic carbocycles. The van der Waals surface area contributed by atoms with E-state index < -0.39 is 5.82 Å². The van der Waals surface area contributed by atoms with Gasteiger partial charge in [0.25, 0.3) is 0 Å². The first kappa shape index (κ1) is 14.1. The van der Waals surface area contributed by atoms with Crippen molar-refractivity contribution in [2.45, 2.75) is 25.8 Å². The molecular formula is C13H19F2NO. The number of benzene rings is 1. The van der Waals surface area contributed by atoms with Crippen molar-refractivity contribution < 1.29 is 13.5 Å². The highest BCUT2D eigenvalue weighted by molar-refractivity contribution is 5.19. The Bertz CT molecular complexity index is 344. The molecule has 17 heavy (non-hydrogen) atoms. The summed E-state index contributed by atoms with van der Waals surface area (Å²) in [4.78, 5) is 0. The Balaban J connectivity index is 2.67. The van der Waals surface area contributed by atoms with Gasteiger partial charge in [-0.2, -0.15) is 0 Å². The van der Waals surface area contributed by atoms with Crippen molar-refractivity contribution in [1.29, 1.82) is 0 Å². The van der Waals surface area contributed by atoms with Crippen LogP contribution in [0.2, 0.25) is 0 Å². The van der Waals surface area contributed by atoms with Crippen LogP contribution in [-0.4, -0.2) is 26.3 Å². The van der Waals surface area contributed by atoms with Crippen molar-refractivity contribution in [1.82, 2.24) is 5.32 Å². The maximum atomic E-state index is 13.5. The summed E-state index contributed by atoms with van der Waals surface area (Å²) in [7, 11) is 1.60. The zero-order valence-electron chi connectivity index (χ0n) is 10.3. The van der Waals surface area contributed by atoms with Crippen molar-refractivity contribution in [3.05, 3.63) is 35.4 Å². The highest BCUT2D eigenvalue weighted by Crippen LogP contribution is 2.12. The molecule has 96 valence electrons. The van der Waals surface area contributed by atoms with Gasteiger partial charge in [-0.25, -0.2) is 8.78 Å². The number of hydrogen-bond donors (Lipinski definition) is 1. The minimum absolute atomic E-state index is 0.0104. The normalized spacial score (nSPS) is 12.7. The summed E-state index contributed by atoms with van der Waals surface area (Å²) in [6, 6.07) is 3.54. The molecule has 0 aliphatic heterocycles.